The quantitative estimate of drug-likeness (QED) is 0.589. The summed E-state index contributed by atoms with van der Waals surface area (Å²) in [5.41, 5.74) is 4.44. The topological polar surface area (TPSA) is 27.1 Å². The molecule has 4 heteroatoms. The highest BCUT2D eigenvalue weighted by atomic mass is 35.5. The summed E-state index contributed by atoms with van der Waals surface area (Å²) < 4.78 is 7.73. The van der Waals surface area contributed by atoms with Crippen molar-refractivity contribution in [3.8, 4) is 11.4 Å². The van der Waals surface area contributed by atoms with Crippen LogP contribution in [-0.2, 0) is 11.3 Å². The van der Waals surface area contributed by atoms with Gasteiger partial charge >= 0.3 is 0 Å². The number of aryl methyl sites for hydroxylation is 2. The average molecular weight is 329 g/mol. The molecule has 0 N–H and O–H groups in total. The normalized spacial score (nSPS) is 11.3. The molecule has 1 aromatic heterocycles. The number of halogens is 1. The third-order valence-electron chi connectivity index (χ3n) is 3.97. The molecule has 0 saturated heterocycles. The highest BCUT2D eigenvalue weighted by Gasteiger charge is 2.14. The lowest BCUT2D eigenvalue weighted by Crippen LogP contribution is -2.05. The van der Waals surface area contributed by atoms with Crippen LogP contribution in [0, 0.1) is 6.92 Å². The number of fused-ring (bicyclic) bond motifs is 1. The van der Waals surface area contributed by atoms with Gasteiger partial charge < -0.3 is 9.30 Å². The number of nitrogens with zero attached hydrogens (tertiary/aromatic N) is 2. The molecule has 1 heterocycles. The molecule has 3 nitrogen and oxygen atoms in total. The van der Waals surface area contributed by atoms with E-state index in [1.165, 1.54) is 5.56 Å². The van der Waals surface area contributed by atoms with Gasteiger partial charge in [-0.3, -0.25) is 0 Å². The molecule has 0 radical (unpaired) electrons. The van der Waals surface area contributed by atoms with Crippen LogP contribution in [0.1, 0.15) is 18.9 Å². The lowest BCUT2D eigenvalue weighted by molar-refractivity contribution is 0.142. The summed E-state index contributed by atoms with van der Waals surface area (Å²) in [7, 11) is 0. The van der Waals surface area contributed by atoms with Crippen molar-refractivity contribution in [2.24, 2.45) is 0 Å². The first kappa shape index (κ1) is 16.0. The van der Waals surface area contributed by atoms with Crippen LogP contribution >= 0.6 is 11.6 Å². The van der Waals surface area contributed by atoms with E-state index < -0.39 is 0 Å². The molecule has 0 bridgehead atoms. The van der Waals surface area contributed by atoms with Gasteiger partial charge in [0, 0.05) is 30.3 Å². The maximum Gasteiger partial charge on any atom is 0.141 e. The number of imidazole rings is 1. The maximum atomic E-state index is 6.20. The number of aromatic nitrogens is 2. The highest BCUT2D eigenvalue weighted by Crippen LogP contribution is 2.29. The van der Waals surface area contributed by atoms with Crippen LogP contribution in [0.4, 0.5) is 0 Å². The minimum atomic E-state index is 0.736. The lowest BCUT2D eigenvalue weighted by Gasteiger charge is -2.11. The van der Waals surface area contributed by atoms with E-state index in [2.05, 4.69) is 35.8 Å². The predicted octanol–water partition coefficient (Wildman–Crippen LogP) is 5.09. The molecule has 120 valence electrons. The molecule has 0 fully saturated rings. The third kappa shape index (κ3) is 3.41. The van der Waals surface area contributed by atoms with Crippen molar-refractivity contribution in [2.75, 3.05) is 13.2 Å². The molecule has 0 unspecified atom stereocenters. The number of ether oxygens (including phenoxy) is 1. The second kappa shape index (κ2) is 7.16. The summed E-state index contributed by atoms with van der Waals surface area (Å²) in [6.45, 7) is 6.50. The van der Waals surface area contributed by atoms with Crippen molar-refractivity contribution in [3.05, 3.63) is 53.1 Å². The van der Waals surface area contributed by atoms with Crippen molar-refractivity contribution in [2.45, 2.75) is 26.8 Å². The Labute approximate surface area is 141 Å². The van der Waals surface area contributed by atoms with Gasteiger partial charge in [-0.15, -0.1) is 0 Å². The summed E-state index contributed by atoms with van der Waals surface area (Å²) in [4.78, 5) is 4.85. The molecule has 0 aliphatic heterocycles. The van der Waals surface area contributed by atoms with Gasteiger partial charge in [-0.25, -0.2) is 4.98 Å². The summed E-state index contributed by atoms with van der Waals surface area (Å²) in [6.07, 6.45) is 0.949. The summed E-state index contributed by atoms with van der Waals surface area (Å²) in [6, 6.07) is 14.2. The van der Waals surface area contributed by atoms with Gasteiger partial charge in [0.25, 0.3) is 0 Å². The van der Waals surface area contributed by atoms with Gasteiger partial charge in [0.15, 0.2) is 0 Å². The fourth-order valence-electron chi connectivity index (χ4n) is 2.82. The Morgan fingerprint density at radius 2 is 2.00 bits per heavy atom. The predicted molar refractivity (Wildman–Crippen MR) is 96.0 cm³/mol. The first-order valence-corrected chi connectivity index (χ1v) is 8.38. The van der Waals surface area contributed by atoms with E-state index in [9.17, 15) is 0 Å². The van der Waals surface area contributed by atoms with Crippen LogP contribution in [0.25, 0.3) is 22.4 Å². The standard InChI is InChI=1S/C19H21ClN2O/c1-3-23-12-6-11-22-18-13-15(20)9-10-17(18)21-19(22)16-8-5-4-7-14(16)2/h4-5,7-10,13H,3,6,11-12H2,1-2H3. The van der Waals surface area contributed by atoms with Crippen molar-refractivity contribution in [1.82, 2.24) is 9.55 Å². The fourth-order valence-corrected chi connectivity index (χ4v) is 2.99. The minimum Gasteiger partial charge on any atom is -0.382 e. The van der Waals surface area contributed by atoms with E-state index in [4.69, 9.17) is 21.3 Å². The Bertz CT molecular complexity index is 810. The summed E-state index contributed by atoms with van der Waals surface area (Å²) in [5.74, 6) is 0.997. The van der Waals surface area contributed by atoms with Gasteiger partial charge in [-0.1, -0.05) is 35.9 Å². The van der Waals surface area contributed by atoms with Crippen LogP contribution in [0.3, 0.4) is 0 Å². The number of hydrogen-bond acceptors (Lipinski definition) is 2. The van der Waals surface area contributed by atoms with Crippen molar-refractivity contribution in [1.29, 1.82) is 0 Å². The zero-order valence-corrected chi connectivity index (χ0v) is 14.3. The molecule has 0 aliphatic rings. The smallest absolute Gasteiger partial charge is 0.141 e. The highest BCUT2D eigenvalue weighted by molar-refractivity contribution is 6.31. The van der Waals surface area contributed by atoms with E-state index in [0.29, 0.717) is 0 Å². The Morgan fingerprint density at radius 1 is 1.17 bits per heavy atom. The Morgan fingerprint density at radius 3 is 2.78 bits per heavy atom. The van der Waals surface area contributed by atoms with E-state index in [-0.39, 0.29) is 0 Å². The summed E-state index contributed by atoms with van der Waals surface area (Å²) >= 11 is 6.20. The van der Waals surface area contributed by atoms with Crippen molar-refractivity contribution < 1.29 is 4.74 Å². The van der Waals surface area contributed by atoms with Crippen LogP contribution in [0.15, 0.2) is 42.5 Å². The molecule has 0 spiro atoms. The molecule has 3 rings (SSSR count). The minimum absolute atomic E-state index is 0.736. The second-order valence-corrected chi connectivity index (χ2v) is 6.02. The number of benzene rings is 2. The van der Waals surface area contributed by atoms with Gasteiger partial charge in [0.05, 0.1) is 11.0 Å². The van der Waals surface area contributed by atoms with E-state index in [1.54, 1.807) is 0 Å². The van der Waals surface area contributed by atoms with Gasteiger partial charge in [0.1, 0.15) is 5.82 Å². The van der Waals surface area contributed by atoms with Crippen molar-refractivity contribution in [3.63, 3.8) is 0 Å². The molecule has 0 aliphatic carbocycles. The van der Waals surface area contributed by atoms with Crippen LogP contribution in [0.2, 0.25) is 5.02 Å². The fraction of sp³-hybridized carbons (Fsp3) is 0.316. The van der Waals surface area contributed by atoms with Crippen LogP contribution < -0.4 is 0 Å². The maximum absolute atomic E-state index is 6.20. The van der Waals surface area contributed by atoms with Crippen LogP contribution in [0.5, 0.6) is 0 Å². The third-order valence-corrected chi connectivity index (χ3v) is 4.21. The van der Waals surface area contributed by atoms with Gasteiger partial charge in [0.2, 0.25) is 0 Å². The van der Waals surface area contributed by atoms with Gasteiger partial charge in [-0.05, 0) is 44.0 Å². The number of rotatable bonds is 6. The molecular weight excluding hydrogens is 308 g/mol. The van der Waals surface area contributed by atoms with E-state index >= 15 is 0 Å². The molecule has 0 saturated carbocycles. The lowest BCUT2D eigenvalue weighted by atomic mass is 10.1. The molecule has 2 aromatic carbocycles. The largest absolute Gasteiger partial charge is 0.382 e. The zero-order chi connectivity index (χ0) is 16.2. The summed E-state index contributed by atoms with van der Waals surface area (Å²) in [5, 5.41) is 0.736. The van der Waals surface area contributed by atoms with Gasteiger partial charge in [-0.2, -0.15) is 0 Å². The Kier molecular flexibility index (Phi) is 4.99. The van der Waals surface area contributed by atoms with E-state index in [0.717, 1.165) is 53.6 Å². The van der Waals surface area contributed by atoms with Crippen LogP contribution in [-0.4, -0.2) is 22.8 Å². The molecule has 0 amide bonds. The monoisotopic (exact) mass is 328 g/mol. The average Bonchev–Trinajstić information content (AvgIpc) is 2.90. The Hall–Kier alpha value is -1.84. The zero-order valence-electron chi connectivity index (χ0n) is 13.6. The molecule has 0 atom stereocenters. The first-order chi connectivity index (χ1) is 11.2. The van der Waals surface area contributed by atoms with Crippen molar-refractivity contribution >= 4 is 22.6 Å². The molecule has 23 heavy (non-hydrogen) atoms. The SMILES string of the molecule is CCOCCCn1c(-c2ccccc2C)nc2ccc(Cl)cc21. The second-order valence-electron chi connectivity index (χ2n) is 5.59. The molecule has 3 aromatic rings. The first-order valence-electron chi connectivity index (χ1n) is 8.00. The Balaban J connectivity index is 2.07. The number of hydrogen-bond donors (Lipinski definition) is 0. The molecular formula is C19H21ClN2O. The van der Waals surface area contributed by atoms with E-state index in [1.807, 2.05) is 25.1 Å².